The van der Waals surface area contributed by atoms with Crippen molar-refractivity contribution in [2.75, 3.05) is 6.61 Å². The smallest absolute Gasteiger partial charge is 0.328 e. The lowest BCUT2D eigenvalue weighted by Gasteiger charge is -2.46. The van der Waals surface area contributed by atoms with Crippen LogP contribution in [0.15, 0.2) is 0 Å². The zero-order chi connectivity index (χ0) is 14.8. The van der Waals surface area contributed by atoms with Crippen LogP contribution in [0.5, 0.6) is 0 Å². The first-order valence-corrected chi connectivity index (χ1v) is 6.61. The van der Waals surface area contributed by atoms with E-state index < -0.39 is 18.6 Å². The number of carbonyl (C=O) groups excluding carboxylic acids is 1. The SMILES string of the molecule is CC1C(N)CCC(C(=O)N[C@H](CO)C(=O)O)C1(C)C. The summed E-state index contributed by atoms with van der Waals surface area (Å²) in [5.41, 5.74) is 5.73. The van der Waals surface area contributed by atoms with Crippen molar-refractivity contribution >= 4 is 11.9 Å². The number of nitrogens with one attached hydrogen (secondary N) is 1. The van der Waals surface area contributed by atoms with E-state index in [9.17, 15) is 9.59 Å². The van der Waals surface area contributed by atoms with Gasteiger partial charge in [-0.15, -0.1) is 0 Å². The molecular weight excluding hydrogens is 248 g/mol. The third-order valence-corrected chi connectivity index (χ3v) is 4.62. The van der Waals surface area contributed by atoms with Gasteiger partial charge in [0.2, 0.25) is 5.91 Å². The number of carboxylic acid groups (broad SMARTS) is 1. The van der Waals surface area contributed by atoms with Gasteiger partial charge in [0.05, 0.1) is 6.61 Å². The highest BCUT2D eigenvalue weighted by Gasteiger charge is 2.45. The molecule has 0 bridgehead atoms. The number of rotatable bonds is 4. The fourth-order valence-corrected chi connectivity index (χ4v) is 2.78. The summed E-state index contributed by atoms with van der Waals surface area (Å²) in [4.78, 5) is 23.0. The van der Waals surface area contributed by atoms with Crippen LogP contribution in [-0.4, -0.2) is 40.8 Å². The van der Waals surface area contributed by atoms with Crippen LogP contribution in [-0.2, 0) is 9.59 Å². The molecular formula is C13H24N2O4. The quantitative estimate of drug-likeness (QED) is 0.573. The maximum Gasteiger partial charge on any atom is 0.328 e. The molecule has 0 aliphatic heterocycles. The molecule has 0 aromatic rings. The number of carboxylic acids is 1. The molecule has 0 radical (unpaired) electrons. The molecule has 1 aliphatic rings. The summed E-state index contributed by atoms with van der Waals surface area (Å²) in [6, 6.07) is -1.18. The summed E-state index contributed by atoms with van der Waals surface area (Å²) in [6.07, 6.45) is 1.39. The standard InChI is InChI=1S/C13H24N2O4/c1-7-9(14)5-4-8(13(7,2)3)11(17)15-10(6-16)12(18)19/h7-10,16H,4-6,14H2,1-3H3,(H,15,17)(H,18,19)/t7?,8?,9?,10-/m1/s1. The van der Waals surface area contributed by atoms with Crippen LogP contribution in [0.3, 0.4) is 0 Å². The molecule has 0 saturated heterocycles. The zero-order valence-corrected chi connectivity index (χ0v) is 11.7. The van der Waals surface area contributed by atoms with Gasteiger partial charge in [-0.25, -0.2) is 4.79 Å². The van der Waals surface area contributed by atoms with E-state index in [1.165, 1.54) is 0 Å². The molecule has 3 unspecified atom stereocenters. The average molecular weight is 272 g/mol. The van der Waals surface area contributed by atoms with Crippen LogP contribution in [0, 0.1) is 17.3 Å². The molecule has 0 aromatic carbocycles. The van der Waals surface area contributed by atoms with Crippen molar-refractivity contribution < 1.29 is 19.8 Å². The molecule has 1 rings (SSSR count). The molecule has 0 spiro atoms. The monoisotopic (exact) mass is 272 g/mol. The van der Waals surface area contributed by atoms with E-state index in [-0.39, 0.29) is 29.2 Å². The van der Waals surface area contributed by atoms with E-state index in [1.807, 2.05) is 20.8 Å². The Morgan fingerprint density at radius 3 is 2.47 bits per heavy atom. The van der Waals surface area contributed by atoms with Crippen LogP contribution in [0.2, 0.25) is 0 Å². The summed E-state index contributed by atoms with van der Waals surface area (Å²) in [6.45, 7) is 5.37. The van der Waals surface area contributed by atoms with E-state index in [0.717, 1.165) is 6.42 Å². The Balaban J connectivity index is 2.79. The lowest BCUT2D eigenvalue weighted by Crippen LogP contribution is -2.54. The summed E-state index contributed by atoms with van der Waals surface area (Å²) in [7, 11) is 0. The minimum Gasteiger partial charge on any atom is -0.480 e. The van der Waals surface area contributed by atoms with Gasteiger partial charge in [-0.1, -0.05) is 20.8 Å². The number of aliphatic carboxylic acids is 1. The van der Waals surface area contributed by atoms with E-state index in [2.05, 4.69) is 5.32 Å². The van der Waals surface area contributed by atoms with Gasteiger partial charge < -0.3 is 21.3 Å². The first-order chi connectivity index (χ1) is 8.71. The summed E-state index contributed by atoms with van der Waals surface area (Å²) in [5.74, 6) is -1.65. The van der Waals surface area contributed by atoms with Gasteiger partial charge in [-0.3, -0.25) is 4.79 Å². The van der Waals surface area contributed by atoms with Crippen LogP contribution in [0.1, 0.15) is 33.6 Å². The third-order valence-electron chi connectivity index (χ3n) is 4.62. The Bertz CT molecular complexity index is 357. The van der Waals surface area contributed by atoms with E-state index in [1.54, 1.807) is 0 Å². The minimum absolute atomic E-state index is 0.0622. The van der Waals surface area contributed by atoms with Crippen LogP contribution in [0.25, 0.3) is 0 Å². The van der Waals surface area contributed by atoms with Crippen molar-refractivity contribution in [2.24, 2.45) is 23.0 Å². The summed E-state index contributed by atoms with van der Waals surface area (Å²) < 4.78 is 0. The molecule has 1 amide bonds. The third kappa shape index (κ3) is 3.25. The average Bonchev–Trinajstić information content (AvgIpc) is 2.32. The van der Waals surface area contributed by atoms with E-state index >= 15 is 0 Å². The second-order valence-electron chi connectivity index (χ2n) is 5.99. The maximum absolute atomic E-state index is 12.2. The number of carbonyl (C=O) groups is 2. The van der Waals surface area contributed by atoms with Gasteiger partial charge in [0.1, 0.15) is 6.04 Å². The summed E-state index contributed by atoms with van der Waals surface area (Å²) in [5, 5.41) is 20.2. The molecule has 4 atom stereocenters. The normalized spacial score (nSPS) is 31.5. The second-order valence-corrected chi connectivity index (χ2v) is 5.99. The lowest BCUT2D eigenvalue weighted by molar-refractivity contribution is -0.145. The van der Waals surface area contributed by atoms with E-state index in [0.29, 0.717) is 6.42 Å². The molecule has 1 saturated carbocycles. The Hall–Kier alpha value is -1.14. The first kappa shape index (κ1) is 15.9. The maximum atomic E-state index is 12.2. The van der Waals surface area contributed by atoms with Crippen molar-refractivity contribution in [3.8, 4) is 0 Å². The number of amides is 1. The highest BCUT2D eigenvalue weighted by atomic mass is 16.4. The lowest BCUT2D eigenvalue weighted by atomic mass is 9.61. The minimum atomic E-state index is -1.24. The van der Waals surface area contributed by atoms with Crippen molar-refractivity contribution in [1.82, 2.24) is 5.32 Å². The van der Waals surface area contributed by atoms with Crippen molar-refractivity contribution in [1.29, 1.82) is 0 Å². The second kappa shape index (κ2) is 5.88. The van der Waals surface area contributed by atoms with Crippen LogP contribution < -0.4 is 11.1 Å². The van der Waals surface area contributed by atoms with Crippen molar-refractivity contribution in [3.63, 3.8) is 0 Å². The van der Waals surface area contributed by atoms with Gasteiger partial charge in [-0.2, -0.15) is 0 Å². The van der Waals surface area contributed by atoms with Crippen molar-refractivity contribution in [2.45, 2.75) is 45.7 Å². The van der Waals surface area contributed by atoms with Gasteiger partial charge >= 0.3 is 5.97 Å². The number of nitrogens with two attached hydrogens (primary N) is 1. The molecule has 1 aliphatic carbocycles. The number of aliphatic hydroxyl groups is 1. The number of aliphatic hydroxyl groups excluding tert-OH is 1. The molecule has 0 aromatic heterocycles. The molecule has 19 heavy (non-hydrogen) atoms. The molecule has 6 nitrogen and oxygen atoms in total. The Labute approximate surface area is 113 Å². The highest BCUT2D eigenvalue weighted by molar-refractivity contribution is 5.85. The molecule has 1 fully saturated rings. The molecule has 0 heterocycles. The summed E-state index contributed by atoms with van der Waals surface area (Å²) >= 11 is 0. The number of hydrogen-bond donors (Lipinski definition) is 4. The topological polar surface area (TPSA) is 113 Å². The fraction of sp³-hybridized carbons (Fsp3) is 0.846. The highest BCUT2D eigenvalue weighted by Crippen LogP contribution is 2.44. The predicted octanol–water partition coefficient (Wildman–Crippen LogP) is -0.0523. The van der Waals surface area contributed by atoms with Crippen LogP contribution >= 0.6 is 0 Å². The van der Waals surface area contributed by atoms with Crippen LogP contribution in [0.4, 0.5) is 0 Å². The Kier molecular flexibility index (Phi) is 4.92. The number of hydrogen-bond acceptors (Lipinski definition) is 4. The van der Waals surface area contributed by atoms with Gasteiger partial charge in [0, 0.05) is 12.0 Å². The first-order valence-electron chi connectivity index (χ1n) is 6.61. The van der Waals surface area contributed by atoms with Gasteiger partial charge in [-0.05, 0) is 24.2 Å². The zero-order valence-electron chi connectivity index (χ0n) is 11.7. The van der Waals surface area contributed by atoms with Crippen molar-refractivity contribution in [3.05, 3.63) is 0 Å². The Morgan fingerprint density at radius 1 is 1.42 bits per heavy atom. The Morgan fingerprint density at radius 2 is 2.00 bits per heavy atom. The largest absolute Gasteiger partial charge is 0.480 e. The van der Waals surface area contributed by atoms with E-state index in [4.69, 9.17) is 15.9 Å². The fourth-order valence-electron chi connectivity index (χ4n) is 2.78. The molecule has 5 N–H and O–H groups in total. The van der Waals surface area contributed by atoms with Gasteiger partial charge in [0.25, 0.3) is 0 Å². The molecule has 110 valence electrons. The van der Waals surface area contributed by atoms with Gasteiger partial charge in [0.15, 0.2) is 0 Å². The molecule has 6 heteroatoms. The predicted molar refractivity (Wildman–Crippen MR) is 70.3 cm³/mol.